The Morgan fingerprint density at radius 2 is 1.60 bits per heavy atom. The fraction of sp³-hybridized carbons (Fsp3) is 0.233. The summed E-state index contributed by atoms with van der Waals surface area (Å²) in [5.74, 6) is 0.0515. The molecule has 35 heavy (non-hydrogen) atoms. The van der Waals surface area contributed by atoms with Crippen molar-refractivity contribution >= 4 is 22.6 Å². The molecule has 3 heterocycles. The minimum absolute atomic E-state index is 0.0515. The van der Waals surface area contributed by atoms with Crippen molar-refractivity contribution < 1.29 is 18.7 Å². The van der Waals surface area contributed by atoms with Gasteiger partial charge in [0.15, 0.2) is 0 Å². The molecule has 4 aromatic rings. The molecule has 1 aliphatic carbocycles. The molecule has 5 heteroatoms. The van der Waals surface area contributed by atoms with Crippen molar-refractivity contribution in [3.63, 3.8) is 0 Å². The average Bonchev–Trinajstić information content (AvgIpc) is 3.46. The van der Waals surface area contributed by atoms with Crippen molar-refractivity contribution in [3.8, 4) is 11.1 Å². The topological polar surface area (TPSA) is 51.9 Å². The molecule has 2 bridgehead atoms. The summed E-state index contributed by atoms with van der Waals surface area (Å²) < 4.78 is 17.6. The molecule has 5 nitrogen and oxygen atoms in total. The predicted molar refractivity (Wildman–Crippen MR) is 134 cm³/mol. The summed E-state index contributed by atoms with van der Waals surface area (Å²) in [6.45, 7) is 1.31. The maximum atomic E-state index is 13.4. The van der Waals surface area contributed by atoms with Crippen LogP contribution in [0.15, 0.2) is 89.6 Å². The SMILES string of the molecule is O=C(OCC1c2ccccc2-c2ccccc21)N1C2C=C(c3coc4ccccc34)CC1COC2. The second kappa shape index (κ2) is 8.14. The Morgan fingerprint density at radius 3 is 2.37 bits per heavy atom. The van der Waals surface area contributed by atoms with Crippen LogP contribution >= 0.6 is 0 Å². The van der Waals surface area contributed by atoms with Crippen molar-refractivity contribution in [3.05, 3.63) is 102 Å². The lowest BCUT2D eigenvalue weighted by Crippen LogP contribution is -2.56. The average molecular weight is 464 g/mol. The summed E-state index contributed by atoms with van der Waals surface area (Å²) in [7, 11) is 0. The molecule has 0 saturated carbocycles. The van der Waals surface area contributed by atoms with E-state index in [-0.39, 0.29) is 24.1 Å². The van der Waals surface area contributed by atoms with E-state index in [0.717, 1.165) is 16.5 Å². The highest BCUT2D eigenvalue weighted by molar-refractivity contribution is 5.92. The molecule has 2 atom stereocenters. The van der Waals surface area contributed by atoms with Gasteiger partial charge in [0.25, 0.3) is 0 Å². The fourth-order valence-electron chi connectivity index (χ4n) is 5.98. The van der Waals surface area contributed by atoms with Crippen LogP contribution in [0, 0.1) is 0 Å². The number of benzene rings is 3. The normalized spacial score (nSPS) is 20.9. The predicted octanol–water partition coefficient (Wildman–Crippen LogP) is 6.24. The molecule has 0 N–H and O–H groups in total. The summed E-state index contributed by atoms with van der Waals surface area (Å²) in [6, 6.07) is 24.7. The van der Waals surface area contributed by atoms with E-state index in [4.69, 9.17) is 13.9 Å². The number of furan rings is 1. The van der Waals surface area contributed by atoms with Gasteiger partial charge in [-0.2, -0.15) is 0 Å². The van der Waals surface area contributed by atoms with Crippen LogP contribution in [0.2, 0.25) is 0 Å². The lowest BCUT2D eigenvalue weighted by atomic mass is 9.90. The molecule has 7 rings (SSSR count). The van der Waals surface area contributed by atoms with Crippen LogP contribution in [-0.2, 0) is 9.47 Å². The molecule has 1 aromatic heterocycles. The molecule has 3 aromatic carbocycles. The number of hydrogen-bond donors (Lipinski definition) is 0. The zero-order chi connectivity index (χ0) is 23.4. The van der Waals surface area contributed by atoms with E-state index in [9.17, 15) is 4.79 Å². The van der Waals surface area contributed by atoms with Crippen LogP contribution in [0.4, 0.5) is 4.79 Å². The second-order valence-corrected chi connectivity index (χ2v) is 9.51. The zero-order valence-electron chi connectivity index (χ0n) is 19.2. The van der Waals surface area contributed by atoms with Crippen molar-refractivity contribution in [1.82, 2.24) is 4.90 Å². The van der Waals surface area contributed by atoms with Crippen LogP contribution in [0.3, 0.4) is 0 Å². The van der Waals surface area contributed by atoms with Gasteiger partial charge >= 0.3 is 6.09 Å². The lowest BCUT2D eigenvalue weighted by molar-refractivity contribution is -0.0331. The summed E-state index contributed by atoms with van der Waals surface area (Å²) in [4.78, 5) is 15.3. The molecule has 1 fully saturated rings. The highest BCUT2D eigenvalue weighted by Crippen LogP contribution is 2.45. The molecule has 2 unspecified atom stereocenters. The first kappa shape index (κ1) is 20.5. The van der Waals surface area contributed by atoms with Crippen LogP contribution in [0.5, 0.6) is 0 Å². The Labute approximate surface area is 203 Å². The number of nitrogens with zero attached hydrogens (tertiary/aromatic N) is 1. The molecule has 174 valence electrons. The molecular formula is C30H25NO4. The number of amides is 1. The van der Waals surface area contributed by atoms with Gasteiger partial charge in [0, 0.05) is 16.9 Å². The minimum Gasteiger partial charge on any atom is -0.464 e. The Morgan fingerprint density at radius 1 is 0.886 bits per heavy atom. The monoisotopic (exact) mass is 463 g/mol. The Kier molecular flexibility index (Phi) is 4.77. The van der Waals surface area contributed by atoms with Crippen molar-refractivity contribution in [2.75, 3.05) is 19.8 Å². The first-order chi connectivity index (χ1) is 17.3. The van der Waals surface area contributed by atoms with Gasteiger partial charge in [-0.05, 0) is 40.3 Å². The quantitative estimate of drug-likeness (QED) is 0.361. The van der Waals surface area contributed by atoms with E-state index in [1.165, 1.54) is 27.8 Å². The zero-order valence-corrected chi connectivity index (χ0v) is 19.2. The van der Waals surface area contributed by atoms with E-state index in [1.807, 2.05) is 29.4 Å². The van der Waals surface area contributed by atoms with Gasteiger partial charge in [-0.15, -0.1) is 0 Å². The van der Waals surface area contributed by atoms with Crippen LogP contribution in [0.1, 0.15) is 29.0 Å². The smallest absolute Gasteiger partial charge is 0.410 e. The third-order valence-corrected chi connectivity index (χ3v) is 7.57. The first-order valence-corrected chi connectivity index (χ1v) is 12.2. The Bertz CT molecular complexity index is 1420. The van der Waals surface area contributed by atoms with Crippen LogP contribution in [-0.4, -0.2) is 42.9 Å². The number of ether oxygens (including phenoxy) is 2. The van der Waals surface area contributed by atoms with Gasteiger partial charge < -0.3 is 13.9 Å². The van der Waals surface area contributed by atoms with Crippen molar-refractivity contribution in [2.45, 2.75) is 24.4 Å². The second-order valence-electron chi connectivity index (χ2n) is 9.51. The number of hydrogen-bond acceptors (Lipinski definition) is 4. The molecule has 3 aliphatic rings. The number of rotatable bonds is 3. The van der Waals surface area contributed by atoms with Crippen LogP contribution in [0.25, 0.3) is 27.7 Å². The molecule has 0 spiro atoms. The number of carbonyl (C=O) groups excluding carboxylic acids is 1. The van der Waals surface area contributed by atoms with E-state index in [2.05, 4.69) is 60.7 Å². The third-order valence-electron chi connectivity index (χ3n) is 7.57. The van der Waals surface area contributed by atoms with Crippen LogP contribution < -0.4 is 0 Å². The molecule has 2 aliphatic heterocycles. The van der Waals surface area contributed by atoms with E-state index in [0.29, 0.717) is 26.2 Å². The summed E-state index contributed by atoms with van der Waals surface area (Å²) in [6.07, 6.45) is 4.42. The number of para-hydroxylation sites is 1. The largest absolute Gasteiger partial charge is 0.464 e. The summed E-state index contributed by atoms with van der Waals surface area (Å²) in [5.41, 5.74) is 8.08. The minimum atomic E-state index is -0.266. The highest BCUT2D eigenvalue weighted by Gasteiger charge is 2.40. The Hall–Kier alpha value is -3.83. The molecular weight excluding hydrogens is 438 g/mol. The van der Waals surface area contributed by atoms with Crippen molar-refractivity contribution in [1.29, 1.82) is 0 Å². The van der Waals surface area contributed by atoms with Crippen molar-refractivity contribution in [2.24, 2.45) is 0 Å². The van der Waals surface area contributed by atoms with E-state index >= 15 is 0 Å². The molecule has 0 radical (unpaired) electrons. The first-order valence-electron chi connectivity index (χ1n) is 12.2. The standard InChI is InChI=1S/C30H25NO4/c32-30(35-18-28-24-9-3-1-7-22(24)23-8-2-4-10-25(23)28)31-20-13-19(14-21(31)16-33-15-20)27-17-34-29-12-6-5-11-26(27)29/h1-13,17,20-21,28H,14-16,18H2. The molecule has 1 saturated heterocycles. The van der Waals surface area contributed by atoms with Gasteiger partial charge in [-0.1, -0.05) is 72.8 Å². The fourth-order valence-corrected chi connectivity index (χ4v) is 5.98. The maximum absolute atomic E-state index is 13.4. The van der Waals surface area contributed by atoms with Gasteiger partial charge in [0.1, 0.15) is 12.2 Å². The number of morpholine rings is 1. The van der Waals surface area contributed by atoms with Gasteiger partial charge in [-0.25, -0.2) is 4.79 Å². The number of carbonyl (C=O) groups is 1. The Balaban J connectivity index is 1.14. The maximum Gasteiger partial charge on any atom is 0.410 e. The lowest BCUT2D eigenvalue weighted by Gasteiger charge is -2.43. The van der Waals surface area contributed by atoms with E-state index < -0.39 is 0 Å². The van der Waals surface area contributed by atoms with Gasteiger partial charge in [0.2, 0.25) is 0 Å². The highest BCUT2D eigenvalue weighted by atomic mass is 16.6. The number of fused-ring (bicyclic) bond motifs is 6. The molecule has 1 amide bonds. The summed E-state index contributed by atoms with van der Waals surface area (Å²) in [5, 5.41) is 1.10. The van der Waals surface area contributed by atoms with Gasteiger partial charge in [-0.3, -0.25) is 4.90 Å². The third kappa shape index (κ3) is 3.30. The van der Waals surface area contributed by atoms with E-state index in [1.54, 1.807) is 0 Å². The summed E-state index contributed by atoms with van der Waals surface area (Å²) >= 11 is 0. The van der Waals surface area contributed by atoms with Gasteiger partial charge in [0.05, 0.1) is 31.6 Å².